The standard InChI is InChI=1S/C36H30NO2P/c1-25(27-13-5-3-6-14-27)37(26(2)28-15-7-4-8-16-28)40-38-33-23-21-29-17-9-11-19-31(29)35(33)36-32-20-12-10-18-30(32)22-24-34(36)39-40/h3-26H,1-2H3/t25-,26+. The Bertz CT molecular complexity index is 1860. The van der Waals surface area contributed by atoms with Gasteiger partial charge in [0.1, 0.15) is 11.2 Å². The predicted molar refractivity (Wildman–Crippen MR) is 169 cm³/mol. The fraction of sp³-hybridized carbons (Fsp3) is 0.111. The molecule has 3 nitrogen and oxygen atoms in total. The first-order chi connectivity index (χ1) is 19.7. The Morgan fingerprint density at radius 3 is 1.32 bits per heavy atom. The lowest BCUT2D eigenvalue weighted by atomic mass is 9.99. The molecular formula is C36H30NO2P. The Kier molecular flexibility index (Phi) is 6.40. The molecule has 0 fully saturated rings. The van der Waals surface area contributed by atoms with E-state index in [2.05, 4.69) is 152 Å². The van der Waals surface area contributed by atoms with Gasteiger partial charge >= 0.3 is 8.16 Å². The van der Waals surface area contributed by atoms with E-state index < -0.39 is 8.16 Å². The Balaban J connectivity index is 1.60. The Morgan fingerprint density at radius 2 is 0.875 bits per heavy atom. The normalized spacial score (nSPS) is 13.3. The van der Waals surface area contributed by atoms with Crippen molar-refractivity contribution < 1.29 is 8.39 Å². The molecule has 4 heteroatoms. The highest BCUT2D eigenvalue weighted by molar-refractivity contribution is 7.39. The highest BCUT2D eigenvalue weighted by Crippen LogP contribution is 2.47. The average molecular weight is 540 g/mol. The molecule has 2 atom stereocenters. The molecule has 7 aromatic rings. The first kappa shape index (κ1) is 24.7. The third kappa shape index (κ3) is 4.29. The van der Waals surface area contributed by atoms with Gasteiger partial charge in [0.05, 0.1) is 0 Å². The van der Waals surface area contributed by atoms with E-state index in [4.69, 9.17) is 8.39 Å². The molecule has 6 aromatic carbocycles. The monoisotopic (exact) mass is 539 g/mol. The van der Waals surface area contributed by atoms with E-state index in [1.54, 1.807) is 0 Å². The summed E-state index contributed by atoms with van der Waals surface area (Å²) in [4.78, 5) is 0. The summed E-state index contributed by atoms with van der Waals surface area (Å²) < 4.78 is 16.4. The molecule has 0 aliphatic heterocycles. The van der Waals surface area contributed by atoms with Gasteiger partial charge in [0, 0.05) is 22.9 Å². The first-order valence-electron chi connectivity index (χ1n) is 13.8. The molecule has 1 aromatic heterocycles. The zero-order valence-corrected chi connectivity index (χ0v) is 23.5. The van der Waals surface area contributed by atoms with Gasteiger partial charge in [-0.3, -0.25) is 0 Å². The molecule has 0 aliphatic rings. The van der Waals surface area contributed by atoms with Gasteiger partial charge in [-0.15, -0.1) is 0 Å². The van der Waals surface area contributed by atoms with Gasteiger partial charge in [-0.2, -0.15) is 4.67 Å². The summed E-state index contributed by atoms with van der Waals surface area (Å²) in [7, 11) is -1.54. The van der Waals surface area contributed by atoms with Crippen molar-refractivity contribution >= 4 is 51.6 Å². The van der Waals surface area contributed by atoms with Crippen LogP contribution >= 0.6 is 8.16 Å². The van der Waals surface area contributed by atoms with E-state index in [1.807, 2.05) is 0 Å². The third-order valence-corrected chi connectivity index (χ3v) is 9.71. The summed E-state index contributed by atoms with van der Waals surface area (Å²) in [6.45, 7) is 4.49. The largest absolute Gasteiger partial charge is 0.408 e. The van der Waals surface area contributed by atoms with E-state index in [0.29, 0.717) is 0 Å². The number of rotatable bonds is 5. The van der Waals surface area contributed by atoms with Crippen LogP contribution in [0.5, 0.6) is 0 Å². The van der Waals surface area contributed by atoms with Crippen molar-refractivity contribution in [2.75, 3.05) is 4.67 Å². The van der Waals surface area contributed by atoms with Crippen molar-refractivity contribution in [1.82, 2.24) is 0 Å². The van der Waals surface area contributed by atoms with Crippen LogP contribution in [0, 0.1) is 0 Å². The SMILES string of the molecule is C[C@H](c1ccccc1)N([C@@H](C)c1ccccc1)p1oc2ccc3ccccc3c2c2c(ccc3ccccc32)o1. The Hall–Kier alpha value is -4.30. The number of fused-ring (bicyclic) bond motifs is 7. The lowest BCUT2D eigenvalue weighted by Crippen LogP contribution is -2.27. The quantitative estimate of drug-likeness (QED) is 0.218. The molecule has 0 bridgehead atoms. The summed E-state index contributed by atoms with van der Waals surface area (Å²) in [5.74, 6) is 0. The molecule has 0 saturated carbocycles. The summed E-state index contributed by atoms with van der Waals surface area (Å²) in [6, 6.07) is 47.0. The van der Waals surface area contributed by atoms with Gasteiger partial charge in [-0.05, 0) is 58.7 Å². The highest BCUT2D eigenvalue weighted by Gasteiger charge is 2.29. The molecule has 0 unspecified atom stereocenters. The third-order valence-electron chi connectivity index (χ3n) is 7.93. The number of hydrogen-bond acceptors (Lipinski definition) is 3. The lowest BCUT2D eigenvalue weighted by Gasteiger charge is -2.31. The van der Waals surface area contributed by atoms with Crippen LogP contribution < -0.4 is 4.67 Å². The van der Waals surface area contributed by atoms with E-state index in [0.717, 1.165) is 32.7 Å². The topological polar surface area (TPSA) is 29.5 Å². The second kappa shape index (κ2) is 10.4. The maximum absolute atomic E-state index is 7.01. The van der Waals surface area contributed by atoms with Gasteiger partial charge in [0.15, 0.2) is 0 Å². The molecule has 0 spiro atoms. The minimum atomic E-state index is -1.54. The zero-order chi connectivity index (χ0) is 27.1. The van der Waals surface area contributed by atoms with Crippen LogP contribution in [0.1, 0.15) is 37.1 Å². The van der Waals surface area contributed by atoms with Crippen molar-refractivity contribution in [3.63, 3.8) is 0 Å². The van der Waals surface area contributed by atoms with E-state index >= 15 is 0 Å². The minimum absolute atomic E-state index is 0.0495. The van der Waals surface area contributed by atoms with E-state index in [1.165, 1.54) is 21.9 Å². The van der Waals surface area contributed by atoms with Gasteiger partial charge in [-0.1, -0.05) is 121 Å². The molecule has 196 valence electrons. The van der Waals surface area contributed by atoms with Crippen molar-refractivity contribution in [2.24, 2.45) is 0 Å². The molecule has 1 heterocycles. The Morgan fingerprint density at radius 1 is 0.475 bits per heavy atom. The fourth-order valence-corrected chi connectivity index (χ4v) is 7.54. The molecule has 7 rings (SSSR count). The molecule has 0 amide bonds. The van der Waals surface area contributed by atoms with Crippen LogP contribution in [0.15, 0.2) is 142 Å². The van der Waals surface area contributed by atoms with Gasteiger partial charge in [0.2, 0.25) is 0 Å². The van der Waals surface area contributed by atoms with Crippen LogP contribution in [0.3, 0.4) is 0 Å². The second-order valence-corrected chi connectivity index (χ2v) is 11.6. The zero-order valence-electron chi connectivity index (χ0n) is 22.6. The van der Waals surface area contributed by atoms with Crippen LogP contribution in [0.4, 0.5) is 0 Å². The van der Waals surface area contributed by atoms with Crippen molar-refractivity contribution in [3.05, 3.63) is 145 Å². The summed E-state index contributed by atoms with van der Waals surface area (Å²) >= 11 is 0. The van der Waals surface area contributed by atoms with Crippen LogP contribution in [-0.4, -0.2) is 0 Å². The van der Waals surface area contributed by atoms with Crippen LogP contribution in [0.25, 0.3) is 43.5 Å². The molecule has 40 heavy (non-hydrogen) atoms. The average Bonchev–Trinajstić information content (AvgIpc) is 3.19. The summed E-state index contributed by atoms with van der Waals surface area (Å²) in [6.07, 6.45) is 0. The number of hydrogen-bond donors (Lipinski definition) is 0. The number of benzene rings is 6. The van der Waals surface area contributed by atoms with E-state index in [-0.39, 0.29) is 12.1 Å². The summed E-state index contributed by atoms with van der Waals surface area (Å²) in [5, 5.41) is 6.88. The van der Waals surface area contributed by atoms with Gasteiger partial charge in [-0.25, -0.2) is 0 Å². The smallest absolute Gasteiger partial charge is 0.310 e. The van der Waals surface area contributed by atoms with Crippen molar-refractivity contribution in [3.8, 4) is 0 Å². The van der Waals surface area contributed by atoms with Gasteiger partial charge in [0.25, 0.3) is 0 Å². The Labute approximate surface area is 234 Å². The van der Waals surface area contributed by atoms with Crippen LogP contribution in [0.2, 0.25) is 0 Å². The summed E-state index contributed by atoms with van der Waals surface area (Å²) in [5.41, 5.74) is 4.15. The molecule has 0 N–H and O–H groups in total. The maximum Gasteiger partial charge on any atom is 0.310 e. The second-order valence-electron chi connectivity index (χ2n) is 10.3. The first-order valence-corrected chi connectivity index (χ1v) is 14.9. The number of nitrogens with zero attached hydrogens (tertiary/aromatic N) is 1. The van der Waals surface area contributed by atoms with Gasteiger partial charge < -0.3 is 8.39 Å². The molecule has 0 saturated heterocycles. The fourth-order valence-electron chi connectivity index (χ4n) is 5.84. The lowest BCUT2D eigenvalue weighted by molar-refractivity contribution is 0.558. The molecular weight excluding hydrogens is 509 g/mol. The van der Waals surface area contributed by atoms with Crippen LogP contribution in [-0.2, 0) is 0 Å². The van der Waals surface area contributed by atoms with Crippen molar-refractivity contribution in [1.29, 1.82) is 0 Å². The highest BCUT2D eigenvalue weighted by atomic mass is 31.1. The maximum atomic E-state index is 7.01. The molecule has 0 aliphatic carbocycles. The van der Waals surface area contributed by atoms with Crippen molar-refractivity contribution in [2.45, 2.75) is 25.9 Å². The molecule has 0 radical (unpaired) electrons. The predicted octanol–water partition coefficient (Wildman–Crippen LogP) is 11.1. The van der Waals surface area contributed by atoms with E-state index in [9.17, 15) is 0 Å². The minimum Gasteiger partial charge on any atom is -0.408 e.